The highest BCUT2D eigenvalue weighted by molar-refractivity contribution is 8.15. The van der Waals surface area contributed by atoms with Crippen LogP contribution in [-0.2, 0) is 21.1 Å². The Balaban J connectivity index is 1.15. The van der Waals surface area contributed by atoms with Gasteiger partial charge in [-0.15, -0.1) is 0 Å². The van der Waals surface area contributed by atoms with Crippen molar-refractivity contribution in [3.05, 3.63) is 29.8 Å². The fourth-order valence-corrected chi connectivity index (χ4v) is 7.99. The van der Waals surface area contributed by atoms with Crippen LogP contribution in [0.25, 0.3) is 0 Å². The van der Waals surface area contributed by atoms with Crippen LogP contribution in [0, 0.1) is 5.92 Å². The van der Waals surface area contributed by atoms with Gasteiger partial charge in [-0.3, -0.25) is 9.79 Å². The van der Waals surface area contributed by atoms with Gasteiger partial charge in [-0.2, -0.15) is 0 Å². The van der Waals surface area contributed by atoms with E-state index in [1.807, 2.05) is 24.3 Å². The van der Waals surface area contributed by atoms with Crippen LogP contribution in [0.2, 0.25) is 0 Å². The van der Waals surface area contributed by atoms with Crippen LogP contribution in [0.4, 0.5) is 5.69 Å². The Hall–Kier alpha value is -1.58. The Morgan fingerprint density at radius 2 is 1.94 bits per heavy atom. The quantitative estimate of drug-likeness (QED) is 0.601. The fraction of sp³-hybridized carbons (Fsp3) is 0.636. The molecule has 1 amide bonds. The number of hydrogen-bond donors (Lipinski definition) is 2. The van der Waals surface area contributed by atoms with Crippen LogP contribution in [0.5, 0.6) is 0 Å². The van der Waals surface area contributed by atoms with E-state index in [9.17, 15) is 13.2 Å². The first-order valence-corrected chi connectivity index (χ1v) is 13.9. The number of rotatable bonds is 7. The second-order valence-corrected chi connectivity index (χ2v) is 12.3. The first-order chi connectivity index (χ1) is 14.9. The summed E-state index contributed by atoms with van der Waals surface area (Å²) in [6.07, 6.45) is 3.93. The third kappa shape index (κ3) is 6.46. The van der Waals surface area contributed by atoms with Gasteiger partial charge in [-0.1, -0.05) is 30.8 Å². The molecule has 0 aliphatic carbocycles. The average Bonchev–Trinajstić information content (AvgIpc) is 3.20. The number of anilines is 1. The number of benzene rings is 1. The Kier molecular flexibility index (Phi) is 7.23. The van der Waals surface area contributed by atoms with Crippen molar-refractivity contribution in [3.63, 3.8) is 0 Å². The number of sulfone groups is 1. The third-order valence-electron chi connectivity index (χ3n) is 6.24. The summed E-state index contributed by atoms with van der Waals surface area (Å²) in [5.74, 6) is 1.27. The van der Waals surface area contributed by atoms with Gasteiger partial charge in [0.25, 0.3) is 0 Å². The number of carbonyl (C=O) groups excluding carboxylic acids is 1. The minimum Gasteiger partial charge on any atom is -0.356 e. The molecule has 2 atom stereocenters. The second kappa shape index (κ2) is 9.92. The van der Waals surface area contributed by atoms with Gasteiger partial charge in [-0.05, 0) is 62.5 Å². The maximum atomic E-state index is 12.2. The standard InChI is InChI=1S/C22H32N4O3S2/c1-16-7-11-26(12-8-16)10-2-9-23-21(27)13-17-3-5-18(6-4-17)24-22-25-19-14-31(28,29)15-20(19)30-22/h3-6,16,19-20H,2,7-15H2,1H3,(H,23,27)(H,24,25)/t19-,20-/m1/s1. The summed E-state index contributed by atoms with van der Waals surface area (Å²) in [6, 6.07) is 7.64. The molecule has 0 bridgehead atoms. The van der Waals surface area contributed by atoms with E-state index >= 15 is 0 Å². The largest absolute Gasteiger partial charge is 0.356 e. The molecule has 0 spiro atoms. The predicted molar refractivity (Wildman–Crippen MR) is 127 cm³/mol. The lowest BCUT2D eigenvalue weighted by molar-refractivity contribution is -0.120. The number of fused-ring (bicyclic) bond motifs is 1. The molecule has 0 radical (unpaired) electrons. The Bertz CT molecular complexity index is 909. The Morgan fingerprint density at radius 1 is 1.19 bits per heavy atom. The Morgan fingerprint density at radius 3 is 2.65 bits per heavy atom. The molecular weight excluding hydrogens is 432 g/mol. The fourth-order valence-electron chi connectivity index (χ4n) is 4.31. The number of nitrogens with zero attached hydrogens (tertiary/aromatic N) is 2. The van der Waals surface area contributed by atoms with Gasteiger partial charge < -0.3 is 15.5 Å². The van der Waals surface area contributed by atoms with Crippen LogP contribution in [0.3, 0.4) is 0 Å². The van der Waals surface area contributed by atoms with Crippen LogP contribution in [0.15, 0.2) is 29.3 Å². The lowest BCUT2D eigenvalue weighted by Crippen LogP contribution is -2.35. The number of amides is 1. The van der Waals surface area contributed by atoms with E-state index in [0.717, 1.165) is 41.8 Å². The summed E-state index contributed by atoms with van der Waals surface area (Å²) >= 11 is 1.51. The first-order valence-electron chi connectivity index (χ1n) is 11.2. The molecule has 2 saturated heterocycles. The highest BCUT2D eigenvalue weighted by Crippen LogP contribution is 2.34. The molecule has 9 heteroatoms. The van der Waals surface area contributed by atoms with Crippen molar-refractivity contribution in [2.24, 2.45) is 10.9 Å². The number of amidine groups is 1. The van der Waals surface area contributed by atoms with E-state index in [2.05, 4.69) is 27.4 Å². The van der Waals surface area contributed by atoms with Gasteiger partial charge in [0.1, 0.15) is 0 Å². The van der Waals surface area contributed by atoms with Crippen molar-refractivity contribution in [2.45, 2.75) is 43.9 Å². The van der Waals surface area contributed by atoms with Crippen LogP contribution in [-0.4, -0.2) is 73.4 Å². The zero-order valence-corrected chi connectivity index (χ0v) is 19.7. The molecule has 2 fully saturated rings. The molecule has 3 aliphatic rings. The van der Waals surface area contributed by atoms with Gasteiger partial charge >= 0.3 is 0 Å². The van der Waals surface area contributed by atoms with Gasteiger partial charge in [0.15, 0.2) is 15.0 Å². The van der Waals surface area contributed by atoms with Crippen molar-refractivity contribution < 1.29 is 13.2 Å². The molecule has 170 valence electrons. The average molecular weight is 465 g/mol. The number of thioether (sulfide) groups is 1. The summed E-state index contributed by atoms with van der Waals surface area (Å²) in [4.78, 5) is 19.2. The van der Waals surface area contributed by atoms with Crippen LogP contribution >= 0.6 is 11.8 Å². The zero-order chi connectivity index (χ0) is 21.8. The van der Waals surface area contributed by atoms with Crippen molar-refractivity contribution >= 4 is 38.4 Å². The summed E-state index contributed by atoms with van der Waals surface area (Å²) < 4.78 is 23.3. The number of nitrogens with one attached hydrogen (secondary N) is 2. The molecule has 3 heterocycles. The maximum absolute atomic E-state index is 12.2. The van der Waals surface area contributed by atoms with Crippen molar-refractivity contribution in [2.75, 3.05) is 43.0 Å². The first kappa shape index (κ1) is 22.6. The van der Waals surface area contributed by atoms with E-state index in [-0.39, 0.29) is 28.7 Å². The van der Waals surface area contributed by atoms with E-state index in [4.69, 9.17) is 0 Å². The highest BCUT2D eigenvalue weighted by Gasteiger charge is 2.42. The molecular formula is C22H32N4O3S2. The van der Waals surface area contributed by atoms with Gasteiger partial charge in [0.05, 0.1) is 24.0 Å². The molecule has 1 aromatic rings. The predicted octanol–water partition coefficient (Wildman–Crippen LogP) is 2.15. The SMILES string of the molecule is CC1CCN(CCCNC(=O)Cc2ccc(NC3=N[C@@H]4CS(=O)(=O)C[C@H]4S3)cc2)CC1. The molecule has 31 heavy (non-hydrogen) atoms. The van der Waals surface area contributed by atoms with Gasteiger partial charge in [-0.25, -0.2) is 8.42 Å². The molecule has 0 saturated carbocycles. The molecule has 2 N–H and O–H groups in total. The van der Waals surface area contributed by atoms with Crippen molar-refractivity contribution in [1.82, 2.24) is 10.2 Å². The highest BCUT2D eigenvalue weighted by atomic mass is 32.2. The lowest BCUT2D eigenvalue weighted by atomic mass is 9.99. The van der Waals surface area contributed by atoms with Crippen LogP contribution < -0.4 is 10.6 Å². The molecule has 0 aromatic heterocycles. The Labute approximate surface area is 189 Å². The monoisotopic (exact) mass is 464 g/mol. The van der Waals surface area contributed by atoms with E-state index < -0.39 is 9.84 Å². The summed E-state index contributed by atoms with van der Waals surface area (Å²) in [5.41, 5.74) is 1.87. The minimum atomic E-state index is -2.93. The molecule has 1 aromatic carbocycles. The molecule has 7 nitrogen and oxygen atoms in total. The number of carbonyl (C=O) groups is 1. The summed E-state index contributed by atoms with van der Waals surface area (Å²) in [5, 5.41) is 7.11. The minimum absolute atomic E-state index is 0.0361. The molecule has 0 unspecified atom stereocenters. The lowest BCUT2D eigenvalue weighted by Gasteiger charge is -2.30. The number of likely N-dealkylation sites (tertiary alicyclic amines) is 1. The molecule has 4 rings (SSSR count). The zero-order valence-electron chi connectivity index (χ0n) is 18.0. The topological polar surface area (TPSA) is 90.9 Å². The summed E-state index contributed by atoms with van der Waals surface area (Å²) in [6.45, 7) is 6.46. The third-order valence-corrected chi connectivity index (χ3v) is 9.38. The van der Waals surface area contributed by atoms with Gasteiger partial charge in [0, 0.05) is 17.5 Å². The van der Waals surface area contributed by atoms with Crippen molar-refractivity contribution in [1.29, 1.82) is 0 Å². The number of piperidine rings is 1. The maximum Gasteiger partial charge on any atom is 0.224 e. The van der Waals surface area contributed by atoms with Crippen LogP contribution in [0.1, 0.15) is 31.7 Å². The molecule has 3 aliphatic heterocycles. The number of aliphatic imine (C=N–C) groups is 1. The number of hydrogen-bond acceptors (Lipinski definition) is 7. The smallest absolute Gasteiger partial charge is 0.224 e. The van der Waals surface area contributed by atoms with E-state index in [0.29, 0.717) is 6.42 Å². The van der Waals surface area contributed by atoms with E-state index in [1.165, 1.54) is 37.7 Å². The normalized spacial score (nSPS) is 25.8. The van der Waals surface area contributed by atoms with Crippen molar-refractivity contribution in [3.8, 4) is 0 Å². The summed E-state index contributed by atoms with van der Waals surface area (Å²) in [7, 11) is -2.93. The van der Waals surface area contributed by atoms with E-state index in [1.54, 1.807) is 0 Å². The second-order valence-electron chi connectivity index (χ2n) is 8.96. The van der Waals surface area contributed by atoms with Gasteiger partial charge in [0.2, 0.25) is 5.91 Å².